The Morgan fingerprint density at radius 3 is 3.00 bits per heavy atom. The van der Waals surface area contributed by atoms with Gasteiger partial charge in [-0.3, -0.25) is 0 Å². The minimum Gasteiger partial charge on any atom is -0.398 e. The number of nitrogens with zero attached hydrogens (tertiary/aromatic N) is 1. The second-order valence-corrected chi connectivity index (χ2v) is 3.97. The van der Waals surface area contributed by atoms with Gasteiger partial charge >= 0.3 is 0 Å². The summed E-state index contributed by atoms with van der Waals surface area (Å²) in [5, 5.41) is 0.740. The first-order valence-corrected chi connectivity index (χ1v) is 4.80. The van der Waals surface area contributed by atoms with Crippen LogP contribution in [0.5, 0.6) is 0 Å². The lowest BCUT2D eigenvalue weighted by Gasteiger charge is -2.26. The van der Waals surface area contributed by atoms with E-state index in [-0.39, 0.29) is 0 Å². The standard InChI is InChI=1S/C10H13ClN2/c1-13-5-4-7-2-3-9(12)10(11)8(7)6-13/h2-3H,4-6,12H2,1H3. The molecule has 1 aliphatic rings. The quantitative estimate of drug-likeness (QED) is 0.643. The van der Waals surface area contributed by atoms with Crippen molar-refractivity contribution in [3.8, 4) is 0 Å². The monoisotopic (exact) mass is 196 g/mol. The van der Waals surface area contributed by atoms with Crippen LogP contribution in [0.3, 0.4) is 0 Å². The molecular formula is C10H13ClN2. The van der Waals surface area contributed by atoms with Crippen LogP contribution in [0.15, 0.2) is 12.1 Å². The van der Waals surface area contributed by atoms with Gasteiger partial charge in [0.2, 0.25) is 0 Å². The summed E-state index contributed by atoms with van der Waals surface area (Å²) in [6, 6.07) is 3.98. The molecule has 0 saturated carbocycles. The predicted molar refractivity (Wildman–Crippen MR) is 55.9 cm³/mol. The van der Waals surface area contributed by atoms with E-state index in [1.54, 1.807) is 0 Å². The van der Waals surface area contributed by atoms with E-state index in [0.717, 1.165) is 24.5 Å². The zero-order valence-corrected chi connectivity index (χ0v) is 8.43. The molecule has 1 aliphatic heterocycles. The Hall–Kier alpha value is -0.730. The van der Waals surface area contributed by atoms with E-state index in [1.165, 1.54) is 11.1 Å². The van der Waals surface area contributed by atoms with E-state index in [0.29, 0.717) is 5.69 Å². The Labute approximate surface area is 83.3 Å². The van der Waals surface area contributed by atoms with Crippen molar-refractivity contribution in [2.75, 3.05) is 19.3 Å². The van der Waals surface area contributed by atoms with Crippen LogP contribution in [0, 0.1) is 0 Å². The van der Waals surface area contributed by atoms with Gasteiger partial charge in [0.05, 0.1) is 10.7 Å². The fourth-order valence-electron chi connectivity index (χ4n) is 1.74. The van der Waals surface area contributed by atoms with Gasteiger partial charge in [0.25, 0.3) is 0 Å². The first kappa shape index (κ1) is 8.85. The molecule has 2 rings (SSSR count). The van der Waals surface area contributed by atoms with E-state index in [2.05, 4.69) is 18.0 Å². The second kappa shape index (κ2) is 3.20. The van der Waals surface area contributed by atoms with Crippen molar-refractivity contribution in [3.63, 3.8) is 0 Å². The number of nitrogens with two attached hydrogens (primary N) is 1. The van der Waals surface area contributed by atoms with Crippen LogP contribution in [0.2, 0.25) is 5.02 Å². The molecule has 0 saturated heterocycles. The van der Waals surface area contributed by atoms with Crippen LogP contribution >= 0.6 is 11.6 Å². The molecule has 0 aromatic heterocycles. The minimum absolute atomic E-state index is 0.690. The molecule has 1 aromatic carbocycles. The van der Waals surface area contributed by atoms with Crippen molar-refractivity contribution >= 4 is 17.3 Å². The highest BCUT2D eigenvalue weighted by Gasteiger charge is 2.16. The molecule has 1 heterocycles. The van der Waals surface area contributed by atoms with Crippen LogP contribution < -0.4 is 5.73 Å². The van der Waals surface area contributed by atoms with Crippen LogP contribution in [-0.4, -0.2) is 18.5 Å². The predicted octanol–water partition coefficient (Wildman–Crippen LogP) is 1.91. The van der Waals surface area contributed by atoms with Gasteiger partial charge in [0.1, 0.15) is 0 Å². The number of rotatable bonds is 0. The summed E-state index contributed by atoms with van der Waals surface area (Å²) in [6.07, 6.45) is 1.08. The van der Waals surface area contributed by atoms with Gasteiger partial charge in [0.15, 0.2) is 0 Å². The largest absolute Gasteiger partial charge is 0.398 e. The lowest BCUT2D eigenvalue weighted by atomic mass is 9.99. The van der Waals surface area contributed by atoms with Crippen molar-refractivity contribution in [1.29, 1.82) is 0 Å². The summed E-state index contributed by atoms with van der Waals surface area (Å²) in [5.74, 6) is 0. The molecule has 13 heavy (non-hydrogen) atoms. The van der Waals surface area contributed by atoms with Crippen LogP contribution in [-0.2, 0) is 13.0 Å². The number of benzene rings is 1. The fraction of sp³-hybridized carbons (Fsp3) is 0.400. The van der Waals surface area contributed by atoms with Crippen molar-refractivity contribution in [2.24, 2.45) is 0 Å². The van der Waals surface area contributed by atoms with Crippen molar-refractivity contribution in [2.45, 2.75) is 13.0 Å². The maximum Gasteiger partial charge on any atom is 0.0683 e. The third-order valence-corrected chi connectivity index (χ3v) is 3.01. The van der Waals surface area contributed by atoms with E-state index >= 15 is 0 Å². The van der Waals surface area contributed by atoms with Gasteiger partial charge in [-0.15, -0.1) is 0 Å². The maximum absolute atomic E-state index is 6.12. The topological polar surface area (TPSA) is 29.3 Å². The Kier molecular flexibility index (Phi) is 2.18. The number of hydrogen-bond donors (Lipinski definition) is 1. The van der Waals surface area contributed by atoms with Crippen molar-refractivity contribution < 1.29 is 0 Å². The first-order valence-electron chi connectivity index (χ1n) is 4.43. The van der Waals surface area contributed by atoms with Crippen LogP contribution in [0.1, 0.15) is 11.1 Å². The van der Waals surface area contributed by atoms with E-state index in [1.807, 2.05) is 6.07 Å². The summed E-state index contributed by atoms with van der Waals surface area (Å²) in [7, 11) is 2.10. The summed E-state index contributed by atoms with van der Waals surface area (Å²) in [6.45, 7) is 2.02. The highest BCUT2D eigenvalue weighted by molar-refractivity contribution is 6.34. The molecule has 0 atom stereocenters. The third-order valence-electron chi connectivity index (χ3n) is 2.56. The summed E-state index contributed by atoms with van der Waals surface area (Å²) < 4.78 is 0. The number of nitrogen functional groups attached to an aromatic ring is 1. The molecule has 0 bridgehead atoms. The number of hydrogen-bond acceptors (Lipinski definition) is 2. The summed E-state index contributed by atoms with van der Waals surface area (Å²) in [5.41, 5.74) is 8.98. The molecule has 3 heteroatoms. The molecule has 2 N–H and O–H groups in total. The average molecular weight is 197 g/mol. The second-order valence-electron chi connectivity index (χ2n) is 3.59. The van der Waals surface area contributed by atoms with Crippen LogP contribution in [0.4, 0.5) is 5.69 Å². The van der Waals surface area contributed by atoms with Gasteiger partial charge in [-0.2, -0.15) is 0 Å². The van der Waals surface area contributed by atoms with E-state index < -0.39 is 0 Å². The van der Waals surface area contributed by atoms with Crippen LogP contribution in [0.25, 0.3) is 0 Å². The zero-order valence-electron chi connectivity index (χ0n) is 7.68. The Balaban J connectivity index is 2.48. The summed E-state index contributed by atoms with van der Waals surface area (Å²) in [4.78, 5) is 2.26. The van der Waals surface area contributed by atoms with E-state index in [4.69, 9.17) is 17.3 Å². The van der Waals surface area contributed by atoms with E-state index in [9.17, 15) is 0 Å². The third kappa shape index (κ3) is 1.52. The Bertz CT molecular complexity index is 336. The number of likely N-dealkylation sites (N-methyl/N-ethyl adjacent to an activating group) is 1. The minimum atomic E-state index is 0.690. The molecule has 0 spiro atoms. The molecule has 0 unspecified atom stereocenters. The van der Waals surface area contributed by atoms with Gasteiger partial charge < -0.3 is 10.6 Å². The highest BCUT2D eigenvalue weighted by Crippen LogP contribution is 2.30. The maximum atomic E-state index is 6.12. The SMILES string of the molecule is CN1CCc2ccc(N)c(Cl)c2C1. The Morgan fingerprint density at radius 1 is 1.46 bits per heavy atom. The molecule has 2 nitrogen and oxygen atoms in total. The molecule has 0 amide bonds. The fourth-order valence-corrected chi connectivity index (χ4v) is 1.99. The lowest BCUT2D eigenvalue weighted by Crippen LogP contribution is -2.26. The molecular weight excluding hydrogens is 184 g/mol. The van der Waals surface area contributed by atoms with Gasteiger partial charge in [-0.05, 0) is 30.7 Å². The number of anilines is 1. The molecule has 0 aliphatic carbocycles. The number of halogens is 1. The van der Waals surface area contributed by atoms with Crippen molar-refractivity contribution in [3.05, 3.63) is 28.3 Å². The Morgan fingerprint density at radius 2 is 2.23 bits per heavy atom. The van der Waals surface area contributed by atoms with Gasteiger partial charge in [-0.1, -0.05) is 17.7 Å². The average Bonchev–Trinajstić information content (AvgIpc) is 2.12. The van der Waals surface area contributed by atoms with Gasteiger partial charge in [0, 0.05) is 13.1 Å². The van der Waals surface area contributed by atoms with Crippen molar-refractivity contribution in [1.82, 2.24) is 4.90 Å². The number of fused-ring (bicyclic) bond motifs is 1. The lowest BCUT2D eigenvalue weighted by molar-refractivity contribution is 0.313. The molecule has 0 radical (unpaired) electrons. The van der Waals surface area contributed by atoms with Gasteiger partial charge in [-0.25, -0.2) is 0 Å². The zero-order chi connectivity index (χ0) is 9.42. The highest BCUT2D eigenvalue weighted by atomic mass is 35.5. The summed E-state index contributed by atoms with van der Waals surface area (Å²) >= 11 is 6.12. The normalized spacial score (nSPS) is 17.1. The molecule has 70 valence electrons. The molecule has 1 aromatic rings. The smallest absolute Gasteiger partial charge is 0.0683 e. The molecule has 0 fully saturated rings. The first-order chi connectivity index (χ1) is 6.18.